The highest BCUT2D eigenvalue weighted by Crippen LogP contribution is 2.29. The second-order valence-electron chi connectivity index (χ2n) is 10.6. The average molecular weight is 713 g/mol. The zero-order chi connectivity index (χ0) is 36.9. The molecule has 0 radical (unpaired) electrons. The Morgan fingerprint density at radius 1 is 0.723 bits per heavy atom. The quantitative estimate of drug-likeness (QED) is 0.0503. The van der Waals surface area contributed by atoms with Crippen LogP contribution in [0.4, 0.5) is 0 Å². The largest absolute Gasteiger partial charge is 0.480 e. The van der Waals surface area contributed by atoms with Gasteiger partial charge in [0.05, 0.1) is 0 Å². The number of nitrogens with two attached hydrogens (primary N) is 2. The molecule has 0 bridgehead atoms. The van der Waals surface area contributed by atoms with E-state index < -0.39 is 89.5 Å². The second kappa shape index (κ2) is 23.4. The minimum Gasteiger partial charge on any atom is -0.480 e. The monoisotopic (exact) mass is 712 g/mol. The van der Waals surface area contributed by atoms with Gasteiger partial charge in [0.15, 0.2) is 0 Å². The van der Waals surface area contributed by atoms with Crippen molar-refractivity contribution in [1.82, 2.24) is 21.3 Å². The van der Waals surface area contributed by atoms with Gasteiger partial charge < -0.3 is 53.2 Å². The summed E-state index contributed by atoms with van der Waals surface area (Å²) in [7, 11) is 0. The molecule has 0 aliphatic carbocycles. The average Bonchev–Trinajstić information content (AvgIpc) is 2.96. The Morgan fingerprint density at radius 3 is 1.45 bits per heavy atom. The summed E-state index contributed by atoms with van der Waals surface area (Å²) >= 11 is 5.16. The van der Waals surface area contributed by atoms with Gasteiger partial charge in [-0.15, -0.1) is 0 Å². The normalized spacial score (nSPS) is 13.2. The molecule has 0 aromatic rings. The van der Waals surface area contributed by atoms with Crippen molar-refractivity contribution >= 4 is 77.7 Å². The molecule has 0 saturated heterocycles. The van der Waals surface area contributed by atoms with Crippen molar-refractivity contribution in [3.8, 4) is 0 Å². The first-order chi connectivity index (χ1) is 21.6. The molecule has 0 rings (SSSR count). The molecule has 0 unspecified atom stereocenters. The molecule has 12 N–H and O–H groups in total. The van der Waals surface area contributed by atoms with E-state index in [1.807, 2.05) is 13.8 Å². The number of thiol groups is 1. The predicted molar refractivity (Wildman–Crippen MR) is 171 cm³/mol. The van der Waals surface area contributed by atoms with Gasteiger partial charge in [0.25, 0.3) is 0 Å². The van der Waals surface area contributed by atoms with Crippen LogP contribution in [0.2, 0.25) is 0 Å². The van der Waals surface area contributed by atoms with Crippen LogP contribution < -0.4 is 32.7 Å². The number of amides is 4. The number of thioether (sulfide) groups is 1. The van der Waals surface area contributed by atoms with Crippen LogP contribution in [0.1, 0.15) is 52.9 Å². The summed E-state index contributed by atoms with van der Waals surface area (Å²) in [6.07, 6.45) is -0.269. The van der Waals surface area contributed by atoms with Crippen LogP contribution in [0.3, 0.4) is 0 Å². The van der Waals surface area contributed by atoms with E-state index >= 15 is 0 Å². The van der Waals surface area contributed by atoms with Crippen molar-refractivity contribution in [2.45, 2.75) is 81.8 Å². The summed E-state index contributed by atoms with van der Waals surface area (Å²) in [5.74, 6) is -7.34. The van der Waals surface area contributed by atoms with Gasteiger partial charge in [-0.2, -0.15) is 24.4 Å². The van der Waals surface area contributed by atoms with Crippen molar-refractivity contribution in [3.05, 3.63) is 0 Å². The summed E-state index contributed by atoms with van der Waals surface area (Å²) in [4.78, 5) is 101. The summed E-state index contributed by atoms with van der Waals surface area (Å²) in [6, 6.07) is -4.38. The molecule has 0 aromatic heterocycles. The molecular formula is C26H44N6O13S2. The third-order valence-electron chi connectivity index (χ3n) is 5.63. The van der Waals surface area contributed by atoms with E-state index in [0.29, 0.717) is 0 Å². The highest BCUT2D eigenvalue weighted by molar-refractivity contribution is 8.00. The van der Waals surface area contributed by atoms with E-state index in [1.165, 1.54) is 18.7 Å². The van der Waals surface area contributed by atoms with Gasteiger partial charge in [0, 0.05) is 35.5 Å². The van der Waals surface area contributed by atoms with Gasteiger partial charge in [-0.25, -0.2) is 0 Å². The van der Waals surface area contributed by atoms with Gasteiger partial charge in [0.2, 0.25) is 23.6 Å². The smallest absolute Gasteiger partial charge is 0.322 e. The SMILES string of the molecule is CC(=O)CC(C)(C)SC[C@H](NC(=O)CC[C@H](N)C(=O)O)C(=O)NCC(=O)O.N[C@@H](CCC(=O)N[C@@H](CS)C(=O)NCC(=O)O)C(=O)O. The highest BCUT2D eigenvalue weighted by atomic mass is 32.2. The lowest BCUT2D eigenvalue weighted by atomic mass is 10.1. The Labute approximate surface area is 280 Å². The van der Waals surface area contributed by atoms with Crippen LogP contribution in [0, 0.1) is 0 Å². The lowest BCUT2D eigenvalue weighted by molar-refractivity contribution is -0.140. The number of hydrogen-bond acceptors (Lipinski definition) is 13. The maximum absolute atomic E-state index is 12.2. The molecule has 0 fully saturated rings. The first-order valence-corrected chi connectivity index (χ1v) is 15.5. The maximum atomic E-state index is 12.2. The number of carbonyl (C=O) groups is 9. The van der Waals surface area contributed by atoms with E-state index in [-0.39, 0.29) is 49.4 Å². The molecule has 4 atom stereocenters. The highest BCUT2D eigenvalue weighted by Gasteiger charge is 2.27. The zero-order valence-corrected chi connectivity index (χ0v) is 27.9. The first kappa shape index (κ1) is 45.2. The minimum atomic E-state index is -1.24. The number of aliphatic carboxylic acids is 4. The van der Waals surface area contributed by atoms with Crippen molar-refractivity contribution in [2.75, 3.05) is 24.6 Å². The zero-order valence-electron chi connectivity index (χ0n) is 26.1. The molecule has 0 spiro atoms. The van der Waals surface area contributed by atoms with E-state index in [4.69, 9.17) is 31.9 Å². The van der Waals surface area contributed by atoms with E-state index in [2.05, 4.69) is 33.9 Å². The fourth-order valence-electron chi connectivity index (χ4n) is 3.26. The molecule has 0 aliphatic heterocycles. The first-order valence-electron chi connectivity index (χ1n) is 13.9. The summed E-state index contributed by atoms with van der Waals surface area (Å²) < 4.78 is -0.479. The minimum absolute atomic E-state index is 0.0222. The molecule has 21 heteroatoms. The number of ketones is 1. The van der Waals surface area contributed by atoms with Crippen molar-refractivity contribution in [1.29, 1.82) is 0 Å². The predicted octanol–water partition coefficient (Wildman–Crippen LogP) is -2.85. The molecule has 0 heterocycles. The van der Waals surface area contributed by atoms with Gasteiger partial charge in [0.1, 0.15) is 43.0 Å². The van der Waals surface area contributed by atoms with Crippen LogP contribution in [-0.4, -0.2) is 127 Å². The third kappa shape index (κ3) is 24.0. The molecule has 19 nitrogen and oxygen atoms in total. The Bertz CT molecular complexity index is 1140. The summed E-state index contributed by atoms with van der Waals surface area (Å²) in [5, 5.41) is 43.4. The number of Topliss-reactive ketones (excluding diaryl/α,β-unsaturated/α-hetero) is 1. The molecule has 0 aliphatic rings. The topological polar surface area (TPSA) is 335 Å². The number of rotatable bonds is 22. The molecule has 47 heavy (non-hydrogen) atoms. The van der Waals surface area contributed by atoms with Crippen molar-refractivity contribution in [2.24, 2.45) is 11.5 Å². The molecule has 4 amide bonds. The number of carboxylic acid groups (broad SMARTS) is 4. The van der Waals surface area contributed by atoms with Crippen molar-refractivity contribution < 1.29 is 63.6 Å². The van der Waals surface area contributed by atoms with Crippen LogP contribution in [0.15, 0.2) is 0 Å². The third-order valence-corrected chi connectivity index (χ3v) is 7.42. The molecule has 268 valence electrons. The van der Waals surface area contributed by atoms with Crippen LogP contribution in [0.25, 0.3) is 0 Å². The fourth-order valence-corrected chi connectivity index (χ4v) is 4.68. The lowest BCUT2D eigenvalue weighted by Crippen LogP contribution is -2.50. The van der Waals surface area contributed by atoms with E-state index in [1.54, 1.807) is 0 Å². The molecular weight excluding hydrogens is 668 g/mol. The summed E-state index contributed by atoms with van der Waals surface area (Å²) in [5.41, 5.74) is 10.6. The van der Waals surface area contributed by atoms with Gasteiger partial charge in [-0.1, -0.05) is 13.8 Å². The number of carboxylic acids is 4. The lowest BCUT2D eigenvalue weighted by Gasteiger charge is -2.26. The van der Waals surface area contributed by atoms with E-state index in [9.17, 15) is 43.2 Å². The Kier molecular flexibility index (Phi) is 22.5. The Morgan fingerprint density at radius 2 is 1.11 bits per heavy atom. The maximum Gasteiger partial charge on any atom is 0.322 e. The van der Waals surface area contributed by atoms with E-state index in [0.717, 1.165) is 0 Å². The fraction of sp³-hybridized carbons (Fsp3) is 0.654. The van der Waals surface area contributed by atoms with Gasteiger partial charge in [-0.3, -0.25) is 43.2 Å². The Hall–Kier alpha value is -3.95. The molecule has 0 saturated carbocycles. The van der Waals surface area contributed by atoms with Gasteiger partial charge >= 0.3 is 23.9 Å². The van der Waals surface area contributed by atoms with Gasteiger partial charge in [-0.05, 0) is 19.8 Å². The van der Waals surface area contributed by atoms with Crippen LogP contribution >= 0.6 is 24.4 Å². The second-order valence-corrected chi connectivity index (χ2v) is 12.7. The number of hydrogen-bond donors (Lipinski definition) is 11. The Balaban J connectivity index is 0. The standard InChI is InChI=1S/C16H27N3O7S.C10H17N3O6S/c1-9(20)6-16(2,3)27-8-11(14(24)18-7-13(22)23)19-12(21)5-4-10(17)15(25)26;11-5(10(18)19)1-2-7(14)13-6(4-20)9(17)12-3-8(15)16/h10-11H,4-8,17H2,1-3H3,(H,18,24)(H,19,21)(H,22,23)(H,25,26);5-6,20H,1-4,11H2,(H,12,17)(H,13,14)(H,15,16)(H,18,19)/t10-,11-;5-,6-/m00/s1. The van der Waals surface area contributed by atoms with Crippen LogP contribution in [-0.2, 0) is 43.2 Å². The number of carbonyl (C=O) groups excluding carboxylic acids is 5. The number of nitrogens with one attached hydrogen (secondary N) is 4. The van der Waals surface area contributed by atoms with Crippen molar-refractivity contribution in [3.63, 3.8) is 0 Å². The summed E-state index contributed by atoms with van der Waals surface area (Å²) in [6.45, 7) is 3.92. The van der Waals surface area contributed by atoms with Crippen LogP contribution in [0.5, 0.6) is 0 Å². The molecule has 0 aromatic carbocycles.